The van der Waals surface area contributed by atoms with Crippen LogP contribution in [0.25, 0.3) is 0 Å². The normalized spacial score (nSPS) is 19.2. The van der Waals surface area contributed by atoms with Gasteiger partial charge in [-0.3, -0.25) is 0 Å². The van der Waals surface area contributed by atoms with Crippen LogP contribution in [0.5, 0.6) is 0 Å². The van der Waals surface area contributed by atoms with E-state index in [-0.39, 0.29) is 11.8 Å². The van der Waals surface area contributed by atoms with Crippen LogP contribution in [0.4, 0.5) is 0 Å². The molecule has 1 atom stereocenters. The van der Waals surface area contributed by atoms with Gasteiger partial charge in [0, 0.05) is 12.6 Å². The smallest absolute Gasteiger partial charge is 0.211 e. The van der Waals surface area contributed by atoms with E-state index in [0.29, 0.717) is 18.9 Å². The highest BCUT2D eigenvalue weighted by atomic mass is 32.2. The third-order valence-electron chi connectivity index (χ3n) is 2.36. The molecule has 0 aliphatic heterocycles. The lowest BCUT2D eigenvalue weighted by Crippen LogP contribution is -2.39. The van der Waals surface area contributed by atoms with Crippen molar-refractivity contribution in [3.05, 3.63) is 12.7 Å². The van der Waals surface area contributed by atoms with Crippen LogP contribution in [0, 0.1) is 5.92 Å². The Morgan fingerprint density at radius 1 is 1.57 bits per heavy atom. The van der Waals surface area contributed by atoms with Crippen LogP contribution >= 0.6 is 0 Å². The largest absolute Gasteiger partial charge is 0.326 e. The first kappa shape index (κ1) is 11.7. The Morgan fingerprint density at radius 3 is 2.71 bits per heavy atom. The molecular formula is C9H18N2O2S. The first-order valence-corrected chi connectivity index (χ1v) is 6.54. The summed E-state index contributed by atoms with van der Waals surface area (Å²) in [6.07, 6.45) is 4.35. The zero-order valence-corrected chi connectivity index (χ0v) is 9.09. The second-order valence-corrected chi connectivity index (χ2v) is 5.67. The Balaban J connectivity index is 2.24. The molecule has 82 valence electrons. The summed E-state index contributed by atoms with van der Waals surface area (Å²) in [5.74, 6) is 0.630. The summed E-state index contributed by atoms with van der Waals surface area (Å²) >= 11 is 0. The molecular weight excluding hydrogens is 200 g/mol. The molecule has 1 aliphatic rings. The lowest BCUT2D eigenvalue weighted by molar-refractivity contribution is 0.547. The molecule has 5 heteroatoms. The van der Waals surface area contributed by atoms with Crippen molar-refractivity contribution in [3.63, 3.8) is 0 Å². The Bertz CT molecular complexity index is 283. The van der Waals surface area contributed by atoms with Gasteiger partial charge in [0.05, 0.1) is 5.75 Å². The molecule has 3 N–H and O–H groups in total. The van der Waals surface area contributed by atoms with Gasteiger partial charge < -0.3 is 5.73 Å². The van der Waals surface area contributed by atoms with E-state index in [1.807, 2.05) is 0 Å². The highest BCUT2D eigenvalue weighted by Crippen LogP contribution is 2.31. The van der Waals surface area contributed by atoms with Crippen LogP contribution in [0.2, 0.25) is 0 Å². The summed E-state index contributed by atoms with van der Waals surface area (Å²) in [7, 11) is -3.15. The lowest BCUT2D eigenvalue weighted by Gasteiger charge is -2.11. The third-order valence-corrected chi connectivity index (χ3v) is 3.74. The molecule has 0 aromatic rings. The second kappa shape index (κ2) is 4.91. The molecule has 1 aliphatic carbocycles. The number of hydrogen-bond acceptors (Lipinski definition) is 3. The van der Waals surface area contributed by atoms with E-state index < -0.39 is 10.0 Å². The predicted molar refractivity (Wildman–Crippen MR) is 57.3 cm³/mol. The lowest BCUT2D eigenvalue weighted by atomic mass is 10.2. The average molecular weight is 218 g/mol. The van der Waals surface area contributed by atoms with Crippen LogP contribution in [0.1, 0.15) is 19.3 Å². The van der Waals surface area contributed by atoms with E-state index in [9.17, 15) is 8.42 Å². The van der Waals surface area contributed by atoms with Crippen LogP contribution in [-0.4, -0.2) is 26.8 Å². The zero-order chi connectivity index (χ0) is 10.6. The molecule has 1 saturated carbocycles. The Morgan fingerprint density at radius 2 is 2.21 bits per heavy atom. The highest BCUT2D eigenvalue weighted by Gasteiger charge is 2.28. The Hall–Kier alpha value is -0.390. The van der Waals surface area contributed by atoms with Gasteiger partial charge in [-0.1, -0.05) is 6.08 Å². The van der Waals surface area contributed by atoms with Crippen molar-refractivity contribution in [2.45, 2.75) is 25.3 Å². The van der Waals surface area contributed by atoms with Gasteiger partial charge in [0.15, 0.2) is 0 Å². The molecule has 14 heavy (non-hydrogen) atoms. The van der Waals surface area contributed by atoms with Crippen LogP contribution in [-0.2, 0) is 10.0 Å². The van der Waals surface area contributed by atoms with E-state index in [1.54, 1.807) is 6.08 Å². The summed E-state index contributed by atoms with van der Waals surface area (Å²) in [6.45, 7) is 3.85. The maximum atomic E-state index is 11.3. The van der Waals surface area contributed by atoms with Crippen molar-refractivity contribution in [2.75, 3.05) is 12.3 Å². The zero-order valence-electron chi connectivity index (χ0n) is 8.28. The predicted octanol–water partition coefficient (Wildman–Crippen LogP) is 0.219. The quantitative estimate of drug-likeness (QED) is 0.600. The Kier molecular flexibility index (Phi) is 4.10. The minimum atomic E-state index is -3.15. The number of nitrogens with one attached hydrogen (secondary N) is 1. The van der Waals surface area contributed by atoms with Crippen molar-refractivity contribution in [3.8, 4) is 0 Å². The fourth-order valence-electron chi connectivity index (χ4n) is 1.22. The molecule has 0 saturated heterocycles. The third kappa shape index (κ3) is 4.21. The molecule has 1 unspecified atom stereocenters. The number of rotatable bonds is 7. The molecule has 4 nitrogen and oxygen atoms in total. The van der Waals surface area contributed by atoms with Crippen LogP contribution in [0.3, 0.4) is 0 Å². The van der Waals surface area contributed by atoms with E-state index in [4.69, 9.17) is 5.73 Å². The molecule has 0 bridgehead atoms. The Labute approximate surface area is 85.6 Å². The van der Waals surface area contributed by atoms with E-state index in [0.717, 1.165) is 12.8 Å². The molecule has 1 fully saturated rings. The van der Waals surface area contributed by atoms with Crippen molar-refractivity contribution in [2.24, 2.45) is 11.7 Å². The second-order valence-electron chi connectivity index (χ2n) is 3.75. The fraction of sp³-hybridized carbons (Fsp3) is 0.778. The van der Waals surface area contributed by atoms with Crippen LogP contribution < -0.4 is 10.5 Å². The van der Waals surface area contributed by atoms with Gasteiger partial charge in [-0.2, -0.15) is 0 Å². The van der Waals surface area contributed by atoms with E-state index in [2.05, 4.69) is 11.3 Å². The summed E-state index contributed by atoms with van der Waals surface area (Å²) in [4.78, 5) is 0. The summed E-state index contributed by atoms with van der Waals surface area (Å²) in [5, 5.41) is 0. The fourth-order valence-corrected chi connectivity index (χ4v) is 2.29. The molecule has 0 heterocycles. The van der Waals surface area contributed by atoms with Gasteiger partial charge in [-0.15, -0.1) is 6.58 Å². The maximum absolute atomic E-state index is 11.3. The van der Waals surface area contributed by atoms with E-state index in [1.165, 1.54) is 0 Å². The number of allylic oxidation sites excluding steroid dienone is 1. The number of nitrogens with two attached hydrogens (primary N) is 1. The maximum Gasteiger partial charge on any atom is 0.211 e. The first-order valence-electron chi connectivity index (χ1n) is 4.89. The van der Waals surface area contributed by atoms with Crippen molar-refractivity contribution < 1.29 is 8.42 Å². The van der Waals surface area contributed by atoms with Crippen molar-refractivity contribution in [1.82, 2.24) is 4.72 Å². The number of hydrogen-bond donors (Lipinski definition) is 2. The van der Waals surface area contributed by atoms with Gasteiger partial charge in [0.25, 0.3) is 0 Å². The molecule has 0 radical (unpaired) electrons. The van der Waals surface area contributed by atoms with Crippen molar-refractivity contribution in [1.29, 1.82) is 0 Å². The van der Waals surface area contributed by atoms with Gasteiger partial charge in [-0.05, 0) is 25.2 Å². The SMILES string of the molecule is C=CCCS(=O)(=O)NCC(N)C1CC1. The summed E-state index contributed by atoms with van der Waals surface area (Å²) in [5.41, 5.74) is 5.77. The molecule has 0 spiro atoms. The molecule has 0 aromatic heterocycles. The van der Waals surface area contributed by atoms with Gasteiger partial charge in [-0.25, -0.2) is 13.1 Å². The van der Waals surface area contributed by atoms with Gasteiger partial charge >= 0.3 is 0 Å². The highest BCUT2D eigenvalue weighted by molar-refractivity contribution is 7.89. The van der Waals surface area contributed by atoms with Crippen molar-refractivity contribution >= 4 is 10.0 Å². The van der Waals surface area contributed by atoms with E-state index >= 15 is 0 Å². The monoisotopic (exact) mass is 218 g/mol. The molecule has 0 aromatic carbocycles. The number of sulfonamides is 1. The molecule has 1 rings (SSSR count). The first-order chi connectivity index (χ1) is 6.55. The summed E-state index contributed by atoms with van der Waals surface area (Å²) < 4.78 is 25.2. The minimum absolute atomic E-state index is 0.0199. The van der Waals surface area contributed by atoms with Crippen LogP contribution in [0.15, 0.2) is 12.7 Å². The minimum Gasteiger partial charge on any atom is -0.326 e. The van der Waals surface area contributed by atoms with Gasteiger partial charge in [0.2, 0.25) is 10.0 Å². The summed E-state index contributed by atoms with van der Waals surface area (Å²) in [6, 6.07) is -0.0199. The topological polar surface area (TPSA) is 72.2 Å². The standard InChI is InChI=1S/C9H18N2O2S/c1-2-3-6-14(12,13)11-7-9(10)8-4-5-8/h2,8-9,11H,1,3-7,10H2. The molecule has 0 amide bonds. The average Bonchev–Trinajstić information content (AvgIpc) is 2.94. The van der Waals surface area contributed by atoms with Gasteiger partial charge in [0.1, 0.15) is 0 Å².